The van der Waals surface area contributed by atoms with Crippen molar-refractivity contribution in [3.05, 3.63) is 30.5 Å². The van der Waals surface area contributed by atoms with Crippen LogP contribution in [0, 0.1) is 0 Å². The average molecular weight is 214 g/mol. The quantitative estimate of drug-likeness (QED) is 0.765. The van der Waals surface area contributed by atoms with E-state index in [1.807, 2.05) is 0 Å². The number of nitrogens with two attached hydrogens (primary N) is 1. The molecule has 1 atom stereocenters. The summed E-state index contributed by atoms with van der Waals surface area (Å²) in [6.07, 6.45) is -4.09. The Morgan fingerprint density at radius 1 is 1.13 bits per heavy atom. The summed E-state index contributed by atoms with van der Waals surface area (Å²) in [5.74, 6) is 0. The number of hydrogen-bond donors (Lipinski definition) is 1. The van der Waals surface area contributed by atoms with Gasteiger partial charge in [0.25, 0.3) is 6.43 Å². The summed E-state index contributed by atoms with van der Waals surface area (Å²) in [5, 5.41) is 0.584. The largest absolute Gasteiger partial charge is 0.398 e. The van der Waals surface area contributed by atoms with Crippen LogP contribution in [-0.2, 0) is 0 Å². The Hall–Kier alpha value is -1.65. The molecule has 5 heteroatoms. The summed E-state index contributed by atoms with van der Waals surface area (Å²) in [6, 6.07) is 6.33. The molecule has 15 heavy (non-hydrogen) atoms. The predicted molar refractivity (Wildman–Crippen MR) is 52.5 cm³/mol. The van der Waals surface area contributed by atoms with Crippen molar-refractivity contribution >= 4 is 16.6 Å². The van der Waals surface area contributed by atoms with Gasteiger partial charge in [-0.25, -0.2) is 13.2 Å². The van der Waals surface area contributed by atoms with Crippen LogP contribution in [0.5, 0.6) is 0 Å². The first-order valence-corrected chi connectivity index (χ1v) is 4.38. The van der Waals surface area contributed by atoms with Gasteiger partial charge in [-0.15, -0.1) is 0 Å². The Labute approximate surface area is 84.1 Å². The fourth-order valence-electron chi connectivity index (χ4n) is 1.55. The molecule has 1 heterocycles. The summed E-state index contributed by atoms with van der Waals surface area (Å²) in [4.78, 5) is 0. The molecule has 80 valence electrons. The zero-order valence-corrected chi connectivity index (χ0v) is 7.70. The molecule has 2 N–H and O–H groups in total. The van der Waals surface area contributed by atoms with Crippen LogP contribution in [0.1, 0.15) is 6.30 Å². The lowest BCUT2D eigenvalue weighted by molar-refractivity contribution is 0.0106. The summed E-state index contributed by atoms with van der Waals surface area (Å²) in [5.41, 5.74) is 6.45. The molecule has 1 unspecified atom stereocenters. The lowest BCUT2D eigenvalue weighted by Gasteiger charge is -2.10. The van der Waals surface area contributed by atoms with Crippen molar-refractivity contribution in [1.82, 2.24) is 4.57 Å². The molecule has 0 aliphatic heterocycles. The van der Waals surface area contributed by atoms with Crippen LogP contribution in [0.3, 0.4) is 0 Å². The zero-order valence-electron chi connectivity index (χ0n) is 7.70. The van der Waals surface area contributed by atoms with Gasteiger partial charge >= 0.3 is 0 Å². The molecule has 0 saturated heterocycles. The number of halogens is 3. The smallest absolute Gasteiger partial charge is 0.288 e. The second kappa shape index (κ2) is 3.49. The van der Waals surface area contributed by atoms with E-state index in [9.17, 15) is 13.2 Å². The number of fused-ring (bicyclic) bond motifs is 1. The van der Waals surface area contributed by atoms with E-state index in [1.54, 1.807) is 18.2 Å². The van der Waals surface area contributed by atoms with Gasteiger partial charge < -0.3 is 10.3 Å². The van der Waals surface area contributed by atoms with Crippen LogP contribution >= 0.6 is 0 Å². The molecule has 2 aromatic rings. The molecule has 0 aliphatic carbocycles. The highest BCUT2D eigenvalue weighted by Gasteiger charge is 2.22. The third-order valence-electron chi connectivity index (χ3n) is 2.27. The molecule has 0 bridgehead atoms. The van der Waals surface area contributed by atoms with Crippen molar-refractivity contribution in [2.75, 3.05) is 5.73 Å². The number of rotatable bonds is 2. The van der Waals surface area contributed by atoms with Crippen molar-refractivity contribution in [2.45, 2.75) is 12.7 Å². The Morgan fingerprint density at radius 2 is 1.87 bits per heavy atom. The molecule has 0 aliphatic rings. The first kappa shape index (κ1) is 9.89. The molecule has 0 amide bonds. The Morgan fingerprint density at radius 3 is 2.53 bits per heavy atom. The SMILES string of the molecule is Nc1cccc2c1ccn2C(F)C(F)F. The second-order valence-electron chi connectivity index (χ2n) is 3.21. The van der Waals surface area contributed by atoms with Crippen LogP contribution in [0.25, 0.3) is 10.9 Å². The van der Waals surface area contributed by atoms with Gasteiger partial charge in [0.1, 0.15) is 0 Å². The van der Waals surface area contributed by atoms with Gasteiger partial charge in [-0.3, -0.25) is 0 Å². The standard InChI is InChI=1S/C10H9F3N2/c11-9(12)10(13)15-5-4-6-7(14)2-1-3-8(6)15/h1-5,9-10H,14H2. The van der Waals surface area contributed by atoms with Crippen LogP contribution in [0.4, 0.5) is 18.9 Å². The van der Waals surface area contributed by atoms with Crippen LogP contribution in [0.15, 0.2) is 30.5 Å². The normalized spacial score (nSPS) is 13.6. The molecular formula is C10H9F3N2. The first-order valence-electron chi connectivity index (χ1n) is 4.38. The number of hydrogen-bond acceptors (Lipinski definition) is 1. The van der Waals surface area contributed by atoms with Crippen molar-refractivity contribution < 1.29 is 13.2 Å². The predicted octanol–water partition coefficient (Wildman–Crippen LogP) is 2.96. The van der Waals surface area contributed by atoms with E-state index in [0.29, 0.717) is 16.6 Å². The molecule has 1 aromatic carbocycles. The minimum absolute atomic E-state index is 0.378. The number of benzene rings is 1. The molecular weight excluding hydrogens is 205 g/mol. The van der Waals surface area contributed by atoms with Crippen molar-refractivity contribution in [2.24, 2.45) is 0 Å². The van der Waals surface area contributed by atoms with Gasteiger partial charge in [0, 0.05) is 17.3 Å². The fraction of sp³-hybridized carbons (Fsp3) is 0.200. The highest BCUT2D eigenvalue weighted by molar-refractivity contribution is 5.91. The zero-order chi connectivity index (χ0) is 11.0. The van der Waals surface area contributed by atoms with Gasteiger partial charge in [0.15, 0.2) is 0 Å². The number of anilines is 1. The highest BCUT2D eigenvalue weighted by atomic mass is 19.3. The van der Waals surface area contributed by atoms with E-state index in [-0.39, 0.29) is 0 Å². The minimum atomic E-state index is -3.04. The van der Waals surface area contributed by atoms with E-state index < -0.39 is 12.7 Å². The van der Waals surface area contributed by atoms with Crippen molar-refractivity contribution in [3.63, 3.8) is 0 Å². The van der Waals surface area contributed by atoms with Crippen LogP contribution in [-0.4, -0.2) is 11.0 Å². The van der Waals surface area contributed by atoms with Gasteiger partial charge in [-0.1, -0.05) is 6.07 Å². The molecule has 2 nitrogen and oxygen atoms in total. The van der Waals surface area contributed by atoms with E-state index in [1.165, 1.54) is 12.3 Å². The lowest BCUT2D eigenvalue weighted by Crippen LogP contribution is -2.10. The van der Waals surface area contributed by atoms with Gasteiger partial charge in [-0.2, -0.15) is 0 Å². The minimum Gasteiger partial charge on any atom is -0.398 e. The molecule has 0 radical (unpaired) electrons. The molecule has 0 saturated carbocycles. The third kappa shape index (κ3) is 1.54. The summed E-state index contributed by atoms with van der Waals surface area (Å²) < 4.78 is 38.4. The van der Waals surface area contributed by atoms with Gasteiger partial charge in [0.05, 0.1) is 5.52 Å². The third-order valence-corrected chi connectivity index (χ3v) is 2.27. The first-order chi connectivity index (χ1) is 7.11. The summed E-state index contributed by atoms with van der Waals surface area (Å²) >= 11 is 0. The van der Waals surface area contributed by atoms with Gasteiger partial charge in [0.2, 0.25) is 6.30 Å². The second-order valence-corrected chi connectivity index (χ2v) is 3.21. The molecule has 0 fully saturated rings. The topological polar surface area (TPSA) is 30.9 Å². The molecule has 1 aromatic heterocycles. The maximum atomic E-state index is 13.1. The van der Waals surface area contributed by atoms with E-state index in [2.05, 4.69) is 0 Å². The Bertz CT molecular complexity index is 478. The van der Waals surface area contributed by atoms with Crippen molar-refractivity contribution in [1.29, 1.82) is 0 Å². The monoisotopic (exact) mass is 214 g/mol. The number of aromatic nitrogens is 1. The molecule has 2 rings (SSSR count). The Balaban J connectivity index is 2.59. The highest BCUT2D eigenvalue weighted by Crippen LogP contribution is 2.28. The summed E-state index contributed by atoms with van der Waals surface area (Å²) in [7, 11) is 0. The van der Waals surface area contributed by atoms with Crippen LogP contribution < -0.4 is 5.73 Å². The number of nitrogen functional groups attached to an aromatic ring is 1. The lowest BCUT2D eigenvalue weighted by atomic mass is 10.2. The van der Waals surface area contributed by atoms with E-state index in [4.69, 9.17) is 5.73 Å². The van der Waals surface area contributed by atoms with Gasteiger partial charge in [-0.05, 0) is 18.2 Å². The van der Waals surface area contributed by atoms with E-state index >= 15 is 0 Å². The maximum absolute atomic E-state index is 13.1. The maximum Gasteiger partial charge on any atom is 0.288 e. The van der Waals surface area contributed by atoms with Crippen molar-refractivity contribution in [3.8, 4) is 0 Å². The van der Waals surface area contributed by atoms with Crippen LogP contribution in [0.2, 0.25) is 0 Å². The number of alkyl halides is 3. The van der Waals surface area contributed by atoms with E-state index in [0.717, 1.165) is 4.57 Å². The Kier molecular flexibility index (Phi) is 2.30. The average Bonchev–Trinajstić information content (AvgIpc) is 2.61. The summed E-state index contributed by atoms with van der Waals surface area (Å²) in [6.45, 7) is 0. The number of nitrogens with zero attached hydrogens (tertiary/aromatic N) is 1. The fourth-order valence-corrected chi connectivity index (χ4v) is 1.55. The molecule has 0 spiro atoms.